The maximum atomic E-state index is 13.6. The Hall–Kier alpha value is -1.00. The van der Waals surface area contributed by atoms with Gasteiger partial charge in [-0.05, 0) is 31.7 Å². The maximum absolute atomic E-state index is 13.6. The molecule has 18 heavy (non-hydrogen) atoms. The van der Waals surface area contributed by atoms with E-state index in [9.17, 15) is 13.9 Å². The van der Waals surface area contributed by atoms with Crippen LogP contribution in [0.5, 0.6) is 0 Å². The Labute approximate surface area is 105 Å². The molecule has 0 radical (unpaired) electrons. The fourth-order valence-electron chi connectivity index (χ4n) is 3.35. The molecule has 1 N–H and O–H groups in total. The summed E-state index contributed by atoms with van der Waals surface area (Å²) in [5.41, 5.74) is 0.546. The molecule has 0 amide bonds. The Morgan fingerprint density at radius 1 is 1.17 bits per heavy atom. The highest BCUT2D eigenvalue weighted by Gasteiger charge is 2.40. The number of benzene rings is 1. The third kappa shape index (κ3) is 2.15. The molecule has 2 aliphatic rings. The predicted molar refractivity (Wildman–Crippen MR) is 64.0 cm³/mol. The summed E-state index contributed by atoms with van der Waals surface area (Å²) in [5.74, 6) is -1.01. The monoisotopic (exact) mass is 253 g/mol. The van der Waals surface area contributed by atoms with Crippen LogP contribution in [0.3, 0.4) is 0 Å². The zero-order valence-corrected chi connectivity index (χ0v) is 10.1. The van der Waals surface area contributed by atoms with Crippen LogP contribution in [0.1, 0.15) is 31.2 Å². The van der Waals surface area contributed by atoms with Crippen molar-refractivity contribution in [2.45, 2.75) is 50.4 Å². The van der Waals surface area contributed by atoms with Crippen LogP contribution in [0, 0.1) is 11.6 Å². The fraction of sp³-hybridized carbons (Fsp3) is 0.571. The Morgan fingerprint density at radius 3 is 2.44 bits per heavy atom. The van der Waals surface area contributed by atoms with Gasteiger partial charge in [0, 0.05) is 30.3 Å². The van der Waals surface area contributed by atoms with Crippen molar-refractivity contribution in [2.24, 2.45) is 0 Å². The van der Waals surface area contributed by atoms with Crippen LogP contribution >= 0.6 is 0 Å². The molecular formula is C14H17F2NO. The summed E-state index contributed by atoms with van der Waals surface area (Å²) >= 11 is 0. The minimum absolute atomic E-state index is 0.211. The van der Waals surface area contributed by atoms with Crippen molar-refractivity contribution in [3.05, 3.63) is 35.4 Å². The normalized spacial score (nSPS) is 31.8. The highest BCUT2D eigenvalue weighted by molar-refractivity contribution is 5.19. The molecule has 2 saturated heterocycles. The summed E-state index contributed by atoms with van der Waals surface area (Å²) in [6.45, 7) is 0.522. The van der Waals surface area contributed by atoms with Gasteiger partial charge in [-0.2, -0.15) is 0 Å². The Bertz CT molecular complexity index is 437. The van der Waals surface area contributed by atoms with Crippen molar-refractivity contribution in [3.8, 4) is 0 Å². The lowest BCUT2D eigenvalue weighted by molar-refractivity contribution is 0.0305. The first-order valence-corrected chi connectivity index (χ1v) is 6.51. The summed E-state index contributed by atoms with van der Waals surface area (Å²) in [6.07, 6.45) is 3.49. The van der Waals surface area contributed by atoms with Crippen molar-refractivity contribution in [1.29, 1.82) is 0 Å². The first kappa shape index (κ1) is 12.1. The summed E-state index contributed by atoms with van der Waals surface area (Å²) in [4.78, 5) is 2.27. The Morgan fingerprint density at radius 2 is 1.83 bits per heavy atom. The van der Waals surface area contributed by atoms with E-state index in [1.54, 1.807) is 0 Å². The van der Waals surface area contributed by atoms with Gasteiger partial charge >= 0.3 is 0 Å². The zero-order valence-electron chi connectivity index (χ0n) is 10.1. The Balaban J connectivity index is 1.77. The molecule has 3 rings (SSSR count). The van der Waals surface area contributed by atoms with Crippen LogP contribution < -0.4 is 0 Å². The second kappa shape index (κ2) is 4.59. The molecule has 98 valence electrons. The number of halogens is 2. The van der Waals surface area contributed by atoms with Gasteiger partial charge in [-0.15, -0.1) is 0 Å². The number of nitrogens with zero attached hydrogens (tertiary/aromatic N) is 1. The number of hydrogen-bond acceptors (Lipinski definition) is 2. The summed E-state index contributed by atoms with van der Waals surface area (Å²) in [7, 11) is 0. The van der Waals surface area contributed by atoms with Crippen molar-refractivity contribution < 1.29 is 13.9 Å². The van der Waals surface area contributed by atoms with Crippen LogP contribution in [0.25, 0.3) is 0 Å². The second-order valence-corrected chi connectivity index (χ2v) is 5.42. The van der Waals surface area contributed by atoms with E-state index in [0.717, 1.165) is 31.7 Å². The standard InChI is InChI=1S/C14H17F2NO/c15-10-2-1-9(14(16)5-10)8-17-11-3-4-12(17)7-13(18)6-11/h1-2,5,11-13,18H,3-4,6-8H2. The molecule has 0 aliphatic carbocycles. The van der Waals surface area contributed by atoms with Crippen molar-refractivity contribution >= 4 is 0 Å². The van der Waals surface area contributed by atoms with Crippen LogP contribution in [0.15, 0.2) is 18.2 Å². The topological polar surface area (TPSA) is 23.5 Å². The van der Waals surface area contributed by atoms with Gasteiger partial charge in [-0.25, -0.2) is 8.78 Å². The molecular weight excluding hydrogens is 236 g/mol. The van der Waals surface area contributed by atoms with Gasteiger partial charge in [-0.1, -0.05) is 6.07 Å². The SMILES string of the molecule is OC1CC2CCC(C1)N2Cc1ccc(F)cc1F. The van der Waals surface area contributed by atoms with E-state index in [1.165, 1.54) is 12.1 Å². The smallest absolute Gasteiger partial charge is 0.130 e. The molecule has 0 spiro atoms. The number of hydrogen-bond donors (Lipinski definition) is 1. The number of aliphatic hydroxyl groups excluding tert-OH is 1. The van der Waals surface area contributed by atoms with Gasteiger partial charge in [0.1, 0.15) is 11.6 Å². The van der Waals surface area contributed by atoms with Gasteiger partial charge in [0.05, 0.1) is 6.10 Å². The molecule has 2 atom stereocenters. The van der Waals surface area contributed by atoms with Gasteiger partial charge in [0.15, 0.2) is 0 Å². The Kier molecular flexibility index (Phi) is 3.08. The maximum Gasteiger partial charge on any atom is 0.130 e. The lowest BCUT2D eigenvalue weighted by atomic mass is 9.99. The second-order valence-electron chi connectivity index (χ2n) is 5.42. The van der Waals surface area contributed by atoms with Gasteiger partial charge in [-0.3, -0.25) is 4.90 Å². The third-order valence-electron chi connectivity index (χ3n) is 4.23. The number of piperidine rings is 1. The minimum atomic E-state index is -0.534. The highest BCUT2D eigenvalue weighted by Crippen LogP contribution is 2.36. The quantitative estimate of drug-likeness (QED) is 0.875. The van der Waals surface area contributed by atoms with Gasteiger partial charge in [0.2, 0.25) is 0 Å². The number of rotatable bonds is 2. The van der Waals surface area contributed by atoms with E-state index in [1.807, 2.05) is 0 Å². The molecule has 2 unspecified atom stereocenters. The van der Waals surface area contributed by atoms with E-state index in [-0.39, 0.29) is 6.10 Å². The van der Waals surface area contributed by atoms with E-state index in [4.69, 9.17) is 0 Å². The largest absolute Gasteiger partial charge is 0.393 e. The highest BCUT2D eigenvalue weighted by atomic mass is 19.1. The van der Waals surface area contributed by atoms with Gasteiger partial charge < -0.3 is 5.11 Å². The minimum Gasteiger partial charge on any atom is -0.393 e. The molecule has 1 aromatic carbocycles. The van der Waals surface area contributed by atoms with Crippen LogP contribution in [0.2, 0.25) is 0 Å². The molecule has 2 aliphatic heterocycles. The average molecular weight is 253 g/mol. The fourth-order valence-corrected chi connectivity index (χ4v) is 3.35. The third-order valence-corrected chi connectivity index (χ3v) is 4.23. The first-order valence-electron chi connectivity index (χ1n) is 6.51. The molecule has 4 heteroatoms. The zero-order chi connectivity index (χ0) is 12.7. The van der Waals surface area contributed by atoms with E-state index < -0.39 is 11.6 Å². The summed E-state index contributed by atoms with van der Waals surface area (Å²) < 4.78 is 26.5. The van der Waals surface area contributed by atoms with Crippen molar-refractivity contribution in [1.82, 2.24) is 4.90 Å². The lowest BCUT2D eigenvalue weighted by Crippen LogP contribution is -2.44. The van der Waals surface area contributed by atoms with Crippen LogP contribution in [-0.2, 0) is 6.54 Å². The molecule has 0 aromatic heterocycles. The summed E-state index contributed by atoms with van der Waals surface area (Å²) in [5, 5.41) is 9.71. The molecule has 2 fully saturated rings. The molecule has 1 aromatic rings. The van der Waals surface area contributed by atoms with E-state index in [2.05, 4.69) is 4.90 Å². The summed E-state index contributed by atoms with van der Waals surface area (Å²) in [6, 6.07) is 4.47. The van der Waals surface area contributed by atoms with Gasteiger partial charge in [0.25, 0.3) is 0 Å². The van der Waals surface area contributed by atoms with Crippen LogP contribution in [0.4, 0.5) is 8.78 Å². The van der Waals surface area contributed by atoms with Crippen molar-refractivity contribution in [3.63, 3.8) is 0 Å². The van der Waals surface area contributed by atoms with E-state index in [0.29, 0.717) is 24.2 Å². The van der Waals surface area contributed by atoms with Crippen molar-refractivity contribution in [2.75, 3.05) is 0 Å². The lowest BCUT2D eigenvalue weighted by Gasteiger charge is -2.37. The number of fused-ring (bicyclic) bond motifs is 2. The van der Waals surface area contributed by atoms with Crippen LogP contribution in [-0.4, -0.2) is 28.2 Å². The molecule has 2 nitrogen and oxygen atoms in total. The first-order chi connectivity index (χ1) is 8.63. The molecule has 0 saturated carbocycles. The average Bonchev–Trinajstić information content (AvgIpc) is 2.56. The number of aliphatic hydroxyl groups is 1. The molecule has 2 heterocycles. The van der Waals surface area contributed by atoms with E-state index >= 15 is 0 Å². The molecule has 2 bridgehead atoms. The predicted octanol–water partition coefficient (Wildman–Crippen LogP) is 2.45.